The molecule has 1 aromatic rings. The Hall–Kier alpha value is -1.82. The molecule has 1 atom stereocenters. The minimum atomic E-state index is -0.647. The van der Waals surface area contributed by atoms with Crippen molar-refractivity contribution in [1.82, 2.24) is 10.6 Å². The summed E-state index contributed by atoms with van der Waals surface area (Å²) in [5.74, 6) is -0.557. The van der Waals surface area contributed by atoms with E-state index in [0.717, 1.165) is 0 Å². The Morgan fingerprint density at radius 2 is 2.29 bits per heavy atom. The highest BCUT2D eigenvalue weighted by atomic mass is 16.3. The van der Waals surface area contributed by atoms with Gasteiger partial charge in [0.1, 0.15) is 6.04 Å². The van der Waals surface area contributed by atoms with E-state index >= 15 is 0 Å². The van der Waals surface area contributed by atoms with E-state index in [9.17, 15) is 9.59 Å². The van der Waals surface area contributed by atoms with Gasteiger partial charge >= 0.3 is 0 Å². The van der Waals surface area contributed by atoms with Gasteiger partial charge in [0.25, 0.3) is 5.91 Å². The standard InChI is InChI=1S/C11H16N2O4/c1-8(10(15)12-5-3-6-14)13-11(16)9-4-2-7-17-9/h2,4,7-8,14H,3,5-6H2,1H3,(H,12,15)(H,13,16). The number of hydrogen-bond donors (Lipinski definition) is 3. The maximum Gasteiger partial charge on any atom is 0.287 e. The van der Waals surface area contributed by atoms with Gasteiger partial charge in [-0.3, -0.25) is 9.59 Å². The highest BCUT2D eigenvalue weighted by Gasteiger charge is 2.17. The number of rotatable bonds is 6. The third-order valence-electron chi connectivity index (χ3n) is 2.12. The van der Waals surface area contributed by atoms with E-state index in [-0.39, 0.29) is 18.3 Å². The van der Waals surface area contributed by atoms with Crippen LogP contribution >= 0.6 is 0 Å². The van der Waals surface area contributed by atoms with Crippen LogP contribution in [0.1, 0.15) is 23.9 Å². The van der Waals surface area contributed by atoms with Crippen molar-refractivity contribution in [3.63, 3.8) is 0 Å². The van der Waals surface area contributed by atoms with Crippen molar-refractivity contribution in [2.45, 2.75) is 19.4 Å². The molecule has 6 nitrogen and oxygen atoms in total. The SMILES string of the molecule is CC(NC(=O)c1ccco1)C(=O)NCCCO. The maximum atomic E-state index is 11.5. The molecule has 0 spiro atoms. The quantitative estimate of drug-likeness (QED) is 0.605. The summed E-state index contributed by atoms with van der Waals surface area (Å²) in [5.41, 5.74) is 0. The molecule has 94 valence electrons. The summed E-state index contributed by atoms with van der Waals surface area (Å²) in [7, 11) is 0. The predicted molar refractivity (Wildman–Crippen MR) is 60.3 cm³/mol. The second kappa shape index (κ2) is 6.70. The van der Waals surface area contributed by atoms with Crippen molar-refractivity contribution < 1.29 is 19.1 Å². The van der Waals surface area contributed by atoms with Gasteiger partial charge in [0.15, 0.2) is 5.76 Å². The molecule has 0 aliphatic carbocycles. The summed E-state index contributed by atoms with van der Waals surface area (Å²) in [4.78, 5) is 23.0. The smallest absolute Gasteiger partial charge is 0.287 e. The molecule has 3 N–H and O–H groups in total. The zero-order chi connectivity index (χ0) is 12.7. The van der Waals surface area contributed by atoms with Gasteiger partial charge in [-0.1, -0.05) is 0 Å². The van der Waals surface area contributed by atoms with Crippen molar-refractivity contribution >= 4 is 11.8 Å². The topological polar surface area (TPSA) is 91.6 Å². The molecule has 1 heterocycles. The Kier molecular flexibility index (Phi) is 5.22. The number of amides is 2. The molecule has 0 aliphatic heterocycles. The summed E-state index contributed by atoms with van der Waals surface area (Å²) >= 11 is 0. The van der Waals surface area contributed by atoms with E-state index in [2.05, 4.69) is 10.6 Å². The maximum absolute atomic E-state index is 11.5. The van der Waals surface area contributed by atoms with E-state index in [1.807, 2.05) is 0 Å². The summed E-state index contributed by atoms with van der Waals surface area (Å²) < 4.78 is 4.90. The molecular weight excluding hydrogens is 224 g/mol. The van der Waals surface area contributed by atoms with Crippen LogP contribution in [0.4, 0.5) is 0 Å². The van der Waals surface area contributed by atoms with Crippen molar-refractivity contribution in [2.24, 2.45) is 0 Å². The molecule has 1 unspecified atom stereocenters. The molecule has 0 saturated heterocycles. The van der Waals surface area contributed by atoms with Crippen LogP contribution in [-0.4, -0.2) is 36.1 Å². The molecule has 6 heteroatoms. The Labute approximate surface area is 99.0 Å². The number of aliphatic hydroxyl groups is 1. The van der Waals surface area contributed by atoms with Crippen molar-refractivity contribution in [2.75, 3.05) is 13.2 Å². The Morgan fingerprint density at radius 1 is 1.53 bits per heavy atom. The van der Waals surface area contributed by atoms with Gasteiger partial charge in [0.05, 0.1) is 6.26 Å². The first-order valence-electron chi connectivity index (χ1n) is 5.38. The van der Waals surface area contributed by atoms with Gasteiger partial charge in [-0.25, -0.2) is 0 Å². The molecule has 2 amide bonds. The normalized spacial score (nSPS) is 11.9. The fraction of sp³-hybridized carbons (Fsp3) is 0.455. The van der Waals surface area contributed by atoms with Crippen LogP contribution in [0.5, 0.6) is 0 Å². The average molecular weight is 240 g/mol. The first-order chi connectivity index (χ1) is 8.15. The minimum Gasteiger partial charge on any atom is -0.459 e. The highest BCUT2D eigenvalue weighted by Crippen LogP contribution is 1.99. The monoisotopic (exact) mass is 240 g/mol. The van der Waals surface area contributed by atoms with E-state index in [4.69, 9.17) is 9.52 Å². The minimum absolute atomic E-state index is 0.0212. The van der Waals surface area contributed by atoms with Gasteiger partial charge in [-0.05, 0) is 25.5 Å². The molecule has 0 bridgehead atoms. The Balaban J connectivity index is 2.35. The Bertz CT molecular complexity index is 362. The molecule has 17 heavy (non-hydrogen) atoms. The van der Waals surface area contributed by atoms with Crippen LogP contribution in [0.15, 0.2) is 22.8 Å². The lowest BCUT2D eigenvalue weighted by molar-refractivity contribution is -0.122. The highest BCUT2D eigenvalue weighted by molar-refractivity contribution is 5.95. The van der Waals surface area contributed by atoms with Crippen molar-refractivity contribution in [3.05, 3.63) is 24.2 Å². The third-order valence-corrected chi connectivity index (χ3v) is 2.12. The lowest BCUT2D eigenvalue weighted by atomic mass is 10.3. The van der Waals surface area contributed by atoms with E-state index in [1.165, 1.54) is 12.3 Å². The van der Waals surface area contributed by atoms with Crippen LogP contribution in [0.25, 0.3) is 0 Å². The summed E-state index contributed by atoms with van der Waals surface area (Å²) in [6.45, 7) is 1.98. The first-order valence-corrected chi connectivity index (χ1v) is 5.38. The van der Waals surface area contributed by atoms with E-state index < -0.39 is 11.9 Å². The number of furan rings is 1. The van der Waals surface area contributed by atoms with Gasteiger partial charge in [-0.2, -0.15) is 0 Å². The molecular formula is C11H16N2O4. The average Bonchev–Trinajstić information content (AvgIpc) is 2.82. The van der Waals surface area contributed by atoms with Gasteiger partial charge in [0, 0.05) is 13.2 Å². The second-order valence-electron chi connectivity index (χ2n) is 3.54. The van der Waals surface area contributed by atoms with E-state index in [1.54, 1.807) is 13.0 Å². The fourth-order valence-corrected chi connectivity index (χ4v) is 1.18. The van der Waals surface area contributed by atoms with Gasteiger partial charge in [0.2, 0.25) is 5.91 Å². The molecule has 0 aromatic carbocycles. The number of hydrogen-bond acceptors (Lipinski definition) is 4. The predicted octanol–water partition coefficient (Wildman–Crippen LogP) is -0.104. The van der Waals surface area contributed by atoms with Crippen molar-refractivity contribution in [1.29, 1.82) is 0 Å². The lowest BCUT2D eigenvalue weighted by Gasteiger charge is -2.12. The van der Waals surface area contributed by atoms with Crippen LogP contribution in [0.2, 0.25) is 0 Å². The molecule has 0 saturated carbocycles. The third kappa shape index (κ3) is 4.28. The number of aliphatic hydroxyl groups excluding tert-OH is 1. The lowest BCUT2D eigenvalue weighted by Crippen LogP contribution is -2.45. The molecule has 0 fully saturated rings. The van der Waals surface area contributed by atoms with Crippen LogP contribution < -0.4 is 10.6 Å². The molecule has 0 aliphatic rings. The van der Waals surface area contributed by atoms with Gasteiger partial charge in [-0.15, -0.1) is 0 Å². The molecule has 1 aromatic heterocycles. The molecule has 0 radical (unpaired) electrons. The number of carbonyl (C=O) groups excluding carboxylic acids is 2. The second-order valence-corrected chi connectivity index (χ2v) is 3.54. The largest absolute Gasteiger partial charge is 0.459 e. The summed E-state index contributed by atoms with van der Waals surface area (Å²) in [6.07, 6.45) is 1.88. The summed E-state index contributed by atoms with van der Waals surface area (Å²) in [6, 6.07) is 2.47. The van der Waals surface area contributed by atoms with Crippen LogP contribution in [0, 0.1) is 0 Å². The number of carbonyl (C=O) groups is 2. The zero-order valence-corrected chi connectivity index (χ0v) is 9.60. The van der Waals surface area contributed by atoms with Crippen LogP contribution in [0.3, 0.4) is 0 Å². The zero-order valence-electron chi connectivity index (χ0n) is 9.60. The van der Waals surface area contributed by atoms with Gasteiger partial charge < -0.3 is 20.2 Å². The first kappa shape index (κ1) is 13.2. The van der Waals surface area contributed by atoms with Crippen molar-refractivity contribution in [3.8, 4) is 0 Å². The summed E-state index contributed by atoms with van der Waals surface area (Å²) in [5, 5.41) is 13.6. The fourth-order valence-electron chi connectivity index (χ4n) is 1.18. The Morgan fingerprint density at radius 3 is 2.88 bits per heavy atom. The van der Waals surface area contributed by atoms with E-state index in [0.29, 0.717) is 13.0 Å². The molecule has 1 rings (SSSR count). The number of nitrogens with one attached hydrogen (secondary N) is 2. The van der Waals surface area contributed by atoms with Crippen LogP contribution in [-0.2, 0) is 4.79 Å².